The van der Waals surface area contributed by atoms with E-state index in [0.717, 1.165) is 22.3 Å². The van der Waals surface area contributed by atoms with Crippen LogP contribution < -0.4 is 0 Å². The standard InChI is InChI=1S/C22H18Br2N2O2/c1-15(27)25-13-11-17-7-3-5-9-19(17)21(25,23)22(24)20-10-6-4-8-18(20)12-14-26(22)16(2)28/h3-14H,1-2H3. The highest BCUT2D eigenvalue weighted by molar-refractivity contribution is 9.12. The van der Waals surface area contributed by atoms with Gasteiger partial charge in [-0.25, -0.2) is 0 Å². The normalized spacial score (nSPS) is 25.3. The van der Waals surface area contributed by atoms with Crippen LogP contribution in [0.2, 0.25) is 0 Å². The van der Waals surface area contributed by atoms with E-state index in [1.54, 1.807) is 22.2 Å². The van der Waals surface area contributed by atoms with Crippen LogP contribution in [0.25, 0.3) is 12.2 Å². The van der Waals surface area contributed by atoms with Gasteiger partial charge in [-0.05, 0) is 34.4 Å². The van der Waals surface area contributed by atoms with Gasteiger partial charge >= 0.3 is 0 Å². The van der Waals surface area contributed by atoms with Crippen molar-refractivity contribution in [3.63, 3.8) is 0 Å². The summed E-state index contributed by atoms with van der Waals surface area (Å²) < 4.78 is -2.13. The fraction of sp³-hybridized carbons (Fsp3) is 0.182. The number of nitrogens with zero attached hydrogens (tertiary/aromatic N) is 2. The van der Waals surface area contributed by atoms with E-state index in [9.17, 15) is 9.59 Å². The van der Waals surface area contributed by atoms with Crippen molar-refractivity contribution in [2.75, 3.05) is 0 Å². The van der Waals surface area contributed by atoms with E-state index in [1.165, 1.54) is 13.8 Å². The largest absolute Gasteiger partial charge is 0.296 e. The zero-order chi connectivity index (χ0) is 20.1. The Bertz CT molecular complexity index is 965. The number of halogens is 2. The number of rotatable bonds is 1. The topological polar surface area (TPSA) is 40.6 Å². The second kappa shape index (κ2) is 6.71. The van der Waals surface area contributed by atoms with E-state index >= 15 is 0 Å². The van der Waals surface area contributed by atoms with Gasteiger partial charge in [0, 0.05) is 26.2 Å². The van der Waals surface area contributed by atoms with Crippen LogP contribution in [0.15, 0.2) is 60.9 Å². The molecule has 0 aliphatic carbocycles. The van der Waals surface area contributed by atoms with Gasteiger partial charge in [-0.15, -0.1) is 0 Å². The molecule has 142 valence electrons. The molecular weight excluding hydrogens is 484 g/mol. The molecule has 2 heterocycles. The van der Waals surface area contributed by atoms with Crippen LogP contribution in [-0.2, 0) is 18.5 Å². The molecule has 0 saturated heterocycles. The Hall–Kier alpha value is -2.18. The van der Waals surface area contributed by atoms with Gasteiger partial charge in [0.1, 0.15) is 0 Å². The molecule has 0 N–H and O–H groups in total. The first-order chi connectivity index (χ1) is 13.3. The van der Waals surface area contributed by atoms with Crippen LogP contribution in [0.4, 0.5) is 0 Å². The summed E-state index contributed by atoms with van der Waals surface area (Å²) in [6.45, 7) is 3.04. The van der Waals surface area contributed by atoms with Crippen LogP contribution in [0.5, 0.6) is 0 Å². The molecule has 0 spiro atoms. The first-order valence-electron chi connectivity index (χ1n) is 8.85. The zero-order valence-electron chi connectivity index (χ0n) is 15.4. The van der Waals surface area contributed by atoms with Gasteiger partial charge in [-0.1, -0.05) is 80.4 Å². The molecule has 2 aromatic carbocycles. The number of alkyl halides is 2. The third kappa shape index (κ3) is 2.47. The average molecular weight is 502 g/mol. The molecule has 2 aromatic rings. The predicted molar refractivity (Wildman–Crippen MR) is 117 cm³/mol. The number of amides is 2. The summed E-state index contributed by atoms with van der Waals surface area (Å²) in [5, 5.41) is 0. The fourth-order valence-corrected chi connectivity index (χ4v) is 6.25. The van der Waals surface area contributed by atoms with Gasteiger partial charge in [0.15, 0.2) is 8.90 Å². The molecule has 0 bridgehead atoms. The van der Waals surface area contributed by atoms with Crippen LogP contribution >= 0.6 is 31.9 Å². The molecule has 2 amide bonds. The summed E-state index contributed by atoms with van der Waals surface area (Å²) in [7, 11) is 0. The Morgan fingerprint density at radius 2 is 1.07 bits per heavy atom. The van der Waals surface area contributed by atoms with Crippen molar-refractivity contribution in [1.82, 2.24) is 9.80 Å². The van der Waals surface area contributed by atoms with Crippen molar-refractivity contribution < 1.29 is 9.59 Å². The Morgan fingerprint density at radius 1 is 0.714 bits per heavy atom. The SMILES string of the molecule is CC(=O)N1C=Cc2ccccc2C1(Br)C1(Br)c2ccccc2C=CN1C(C)=O. The maximum Gasteiger partial charge on any atom is 0.224 e. The number of fused-ring (bicyclic) bond motifs is 2. The fourth-order valence-electron chi connectivity index (χ4n) is 3.98. The van der Waals surface area contributed by atoms with Crippen molar-refractivity contribution in [3.8, 4) is 0 Å². The smallest absolute Gasteiger partial charge is 0.224 e. The first kappa shape index (κ1) is 19.2. The third-order valence-corrected chi connectivity index (χ3v) is 8.52. The number of carbonyl (C=O) groups excluding carboxylic acids is 2. The monoisotopic (exact) mass is 500 g/mol. The lowest BCUT2D eigenvalue weighted by atomic mass is 9.83. The second-order valence-electron chi connectivity index (χ2n) is 6.83. The number of carbonyl (C=O) groups is 2. The summed E-state index contributed by atoms with van der Waals surface area (Å²) in [6.07, 6.45) is 7.36. The molecule has 2 unspecified atom stereocenters. The van der Waals surface area contributed by atoms with Gasteiger partial charge in [0.25, 0.3) is 0 Å². The molecule has 4 nitrogen and oxygen atoms in total. The molecule has 28 heavy (non-hydrogen) atoms. The molecule has 0 saturated carbocycles. The lowest BCUT2D eigenvalue weighted by Gasteiger charge is -2.55. The molecule has 2 atom stereocenters. The highest BCUT2D eigenvalue weighted by Gasteiger charge is 2.61. The average Bonchev–Trinajstić information content (AvgIpc) is 2.68. The highest BCUT2D eigenvalue weighted by Crippen LogP contribution is 2.61. The van der Waals surface area contributed by atoms with E-state index in [-0.39, 0.29) is 11.8 Å². The van der Waals surface area contributed by atoms with Crippen molar-refractivity contribution in [3.05, 3.63) is 83.2 Å². The zero-order valence-corrected chi connectivity index (χ0v) is 18.6. The summed E-state index contributed by atoms with van der Waals surface area (Å²) >= 11 is 7.87. The minimum Gasteiger partial charge on any atom is -0.296 e. The van der Waals surface area contributed by atoms with E-state index in [1.807, 2.05) is 60.7 Å². The predicted octanol–water partition coefficient (Wildman–Crippen LogP) is 5.15. The third-order valence-electron chi connectivity index (χ3n) is 5.22. The molecule has 2 aliphatic rings. The minimum absolute atomic E-state index is 0.142. The minimum atomic E-state index is -1.07. The van der Waals surface area contributed by atoms with E-state index < -0.39 is 8.90 Å². The summed E-state index contributed by atoms with van der Waals surface area (Å²) in [6, 6.07) is 15.7. The highest BCUT2D eigenvalue weighted by atomic mass is 79.9. The van der Waals surface area contributed by atoms with Gasteiger partial charge in [-0.3, -0.25) is 19.4 Å². The van der Waals surface area contributed by atoms with Gasteiger partial charge < -0.3 is 0 Å². The Labute approximate surface area is 180 Å². The van der Waals surface area contributed by atoms with E-state index in [2.05, 4.69) is 31.9 Å². The van der Waals surface area contributed by atoms with Gasteiger partial charge in [0.2, 0.25) is 11.8 Å². The number of hydrogen-bond acceptors (Lipinski definition) is 2. The molecule has 6 heteroatoms. The molecule has 2 aliphatic heterocycles. The lowest BCUT2D eigenvalue weighted by Crippen LogP contribution is -2.62. The Morgan fingerprint density at radius 3 is 1.43 bits per heavy atom. The molecular formula is C22H18Br2N2O2. The van der Waals surface area contributed by atoms with Crippen LogP contribution in [-0.4, -0.2) is 21.6 Å². The Balaban J connectivity index is 2.10. The number of hydrogen-bond donors (Lipinski definition) is 0. The van der Waals surface area contributed by atoms with Crippen molar-refractivity contribution in [2.24, 2.45) is 0 Å². The Kier molecular flexibility index (Phi) is 4.59. The quantitative estimate of drug-likeness (QED) is 0.400. The van der Waals surface area contributed by atoms with Gasteiger partial charge in [0.05, 0.1) is 0 Å². The van der Waals surface area contributed by atoms with Gasteiger partial charge in [-0.2, -0.15) is 0 Å². The molecule has 0 radical (unpaired) electrons. The maximum atomic E-state index is 12.7. The van der Waals surface area contributed by atoms with Crippen LogP contribution in [0, 0.1) is 0 Å². The molecule has 0 aromatic heterocycles. The summed E-state index contributed by atoms with van der Waals surface area (Å²) in [5.41, 5.74) is 3.74. The van der Waals surface area contributed by atoms with E-state index in [4.69, 9.17) is 0 Å². The van der Waals surface area contributed by atoms with Crippen molar-refractivity contribution >= 4 is 55.8 Å². The summed E-state index contributed by atoms with van der Waals surface area (Å²) in [4.78, 5) is 28.7. The first-order valence-corrected chi connectivity index (χ1v) is 10.4. The van der Waals surface area contributed by atoms with Crippen LogP contribution in [0.3, 0.4) is 0 Å². The van der Waals surface area contributed by atoms with E-state index in [0.29, 0.717) is 0 Å². The maximum absolute atomic E-state index is 12.7. The number of benzene rings is 2. The summed E-state index contributed by atoms with van der Waals surface area (Å²) in [5.74, 6) is -0.283. The van der Waals surface area contributed by atoms with Crippen molar-refractivity contribution in [2.45, 2.75) is 22.7 Å². The van der Waals surface area contributed by atoms with Crippen LogP contribution in [0.1, 0.15) is 36.1 Å². The lowest BCUT2D eigenvalue weighted by molar-refractivity contribution is -0.137. The molecule has 0 fully saturated rings. The van der Waals surface area contributed by atoms with Crippen molar-refractivity contribution in [1.29, 1.82) is 0 Å². The second-order valence-corrected chi connectivity index (χ2v) is 9.12. The molecule has 4 rings (SSSR count).